The van der Waals surface area contributed by atoms with Gasteiger partial charge in [0.25, 0.3) is 5.91 Å². The Morgan fingerprint density at radius 1 is 1.33 bits per heavy atom. The average molecular weight is 247 g/mol. The third-order valence-corrected chi connectivity index (χ3v) is 2.29. The third-order valence-electron chi connectivity index (χ3n) is 2.29. The van der Waals surface area contributed by atoms with Gasteiger partial charge in [-0.15, -0.1) is 0 Å². The van der Waals surface area contributed by atoms with E-state index in [1.54, 1.807) is 7.05 Å². The zero-order valence-electron chi connectivity index (χ0n) is 9.55. The number of halogens is 1. The van der Waals surface area contributed by atoms with Crippen LogP contribution in [0, 0.1) is 5.95 Å². The number of aromatic nitrogens is 2. The molecule has 0 aliphatic rings. The molecule has 0 aliphatic carbocycles. The highest BCUT2D eigenvalue weighted by Crippen LogP contribution is 2.06. The molecule has 2 rings (SSSR count). The Morgan fingerprint density at radius 2 is 2.11 bits per heavy atom. The summed E-state index contributed by atoms with van der Waals surface area (Å²) in [5.74, 6) is -1.25. The summed E-state index contributed by atoms with van der Waals surface area (Å²) in [5.41, 5.74) is 0.230. The zero-order chi connectivity index (χ0) is 13.1. The Hall–Kier alpha value is -2.50. The van der Waals surface area contributed by atoms with Gasteiger partial charge in [0.05, 0.1) is 5.69 Å². The van der Waals surface area contributed by atoms with Crippen LogP contribution in [0.2, 0.25) is 0 Å². The molecule has 0 unspecified atom stereocenters. The molecule has 0 atom stereocenters. The molecule has 2 heterocycles. The summed E-state index contributed by atoms with van der Waals surface area (Å²) in [7, 11) is 1.57. The van der Waals surface area contributed by atoms with Gasteiger partial charge in [-0.2, -0.15) is 4.39 Å². The van der Waals surface area contributed by atoms with Gasteiger partial charge in [0, 0.05) is 19.3 Å². The number of hydrogen-bond acceptors (Lipinski definition) is 3. The quantitative estimate of drug-likeness (QED) is 0.810. The Bertz CT molecular complexity index is 652. The summed E-state index contributed by atoms with van der Waals surface area (Å²) in [6.45, 7) is 0. The molecule has 6 heteroatoms. The number of rotatable bonds is 2. The molecule has 0 saturated heterocycles. The van der Waals surface area contributed by atoms with Crippen molar-refractivity contribution in [1.82, 2.24) is 9.55 Å². The van der Waals surface area contributed by atoms with Crippen molar-refractivity contribution in [3.63, 3.8) is 0 Å². The van der Waals surface area contributed by atoms with E-state index in [9.17, 15) is 14.0 Å². The Kier molecular flexibility index (Phi) is 3.18. The van der Waals surface area contributed by atoms with Crippen molar-refractivity contribution in [3.8, 4) is 0 Å². The highest BCUT2D eigenvalue weighted by atomic mass is 19.1. The van der Waals surface area contributed by atoms with Gasteiger partial charge in [-0.1, -0.05) is 6.07 Å². The van der Waals surface area contributed by atoms with Crippen molar-refractivity contribution in [1.29, 1.82) is 0 Å². The first-order valence-electron chi connectivity index (χ1n) is 5.17. The van der Waals surface area contributed by atoms with E-state index in [0.717, 1.165) is 6.07 Å². The predicted molar refractivity (Wildman–Crippen MR) is 63.8 cm³/mol. The van der Waals surface area contributed by atoms with Crippen molar-refractivity contribution >= 4 is 11.6 Å². The summed E-state index contributed by atoms with van der Waals surface area (Å²) < 4.78 is 14.2. The predicted octanol–water partition coefficient (Wildman–Crippen LogP) is 1.17. The molecule has 92 valence electrons. The van der Waals surface area contributed by atoms with Gasteiger partial charge < -0.3 is 9.88 Å². The highest BCUT2D eigenvalue weighted by molar-refractivity contribution is 6.02. The second-order valence-electron chi connectivity index (χ2n) is 3.67. The molecule has 2 aromatic rings. The fraction of sp³-hybridized carbons (Fsp3) is 0.0833. The minimum Gasteiger partial charge on any atom is -0.319 e. The smallest absolute Gasteiger partial charge is 0.274 e. The summed E-state index contributed by atoms with van der Waals surface area (Å²) in [5, 5.41) is 2.53. The fourth-order valence-corrected chi connectivity index (χ4v) is 1.40. The molecule has 5 nitrogen and oxygen atoms in total. The second-order valence-corrected chi connectivity index (χ2v) is 3.67. The molecule has 0 aliphatic heterocycles. The number of anilines is 1. The molecule has 2 aromatic heterocycles. The van der Waals surface area contributed by atoms with E-state index in [1.165, 1.54) is 35.0 Å². The molecule has 0 radical (unpaired) electrons. The number of hydrogen-bond donors (Lipinski definition) is 1. The number of nitrogens with zero attached hydrogens (tertiary/aromatic N) is 2. The summed E-state index contributed by atoms with van der Waals surface area (Å²) >= 11 is 0. The van der Waals surface area contributed by atoms with E-state index in [1.807, 2.05) is 0 Å². The van der Waals surface area contributed by atoms with Gasteiger partial charge in [0.2, 0.25) is 11.5 Å². The Morgan fingerprint density at radius 3 is 2.78 bits per heavy atom. The average Bonchev–Trinajstić information content (AvgIpc) is 2.34. The topological polar surface area (TPSA) is 64.0 Å². The number of aryl methyl sites for hydroxylation is 1. The van der Waals surface area contributed by atoms with Crippen molar-refractivity contribution in [3.05, 3.63) is 58.5 Å². The minimum atomic E-state index is -0.719. The first-order valence-corrected chi connectivity index (χ1v) is 5.17. The number of carbonyl (C=O) groups is 1. The molecule has 0 spiro atoms. The van der Waals surface area contributed by atoms with Gasteiger partial charge in [-0.3, -0.25) is 9.59 Å². The summed E-state index contributed by atoms with van der Waals surface area (Å²) in [6.07, 6.45) is 1.47. The van der Waals surface area contributed by atoms with Crippen LogP contribution in [0.1, 0.15) is 10.5 Å². The van der Waals surface area contributed by atoms with E-state index in [-0.39, 0.29) is 11.3 Å². The fourth-order valence-electron chi connectivity index (χ4n) is 1.40. The molecule has 0 bridgehead atoms. The third kappa shape index (κ3) is 2.60. The van der Waals surface area contributed by atoms with Gasteiger partial charge in [-0.05, 0) is 18.2 Å². The van der Waals surface area contributed by atoms with E-state index in [4.69, 9.17) is 0 Å². The van der Waals surface area contributed by atoms with Gasteiger partial charge in [-0.25, -0.2) is 4.98 Å². The maximum absolute atomic E-state index is 12.8. The van der Waals surface area contributed by atoms with E-state index in [0.29, 0.717) is 5.69 Å². The number of amides is 1. The maximum Gasteiger partial charge on any atom is 0.274 e. The molecule has 0 aromatic carbocycles. The summed E-state index contributed by atoms with van der Waals surface area (Å²) in [6, 6.07) is 6.76. The van der Waals surface area contributed by atoms with E-state index >= 15 is 0 Å². The number of carbonyl (C=O) groups excluding carboxylic acids is 1. The molecule has 0 fully saturated rings. The van der Waals surface area contributed by atoms with E-state index < -0.39 is 11.9 Å². The molecular weight excluding hydrogens is 237 g/mol. The molecule has 1 amide bonds. The van der Waals surface area contributed by atoms with Crippen LogP contribution in [-0.4, -0.2) is 15.5 Å². The SMILES string of the molecule is Cn1cc(NC(=O)c2cccc(F)n2)ccc1=O. The van der Waals surface area contributed by atoms with Crippen LogP contribution in [0.25, 0.3) is 0 Å². The molecule has 0 saturated carbocycles. The molecular formula is C12H10FN3O2. The number of pyridine rings is 2. The first kappa shape index (κ1) is 12.0. The first-order chi connectivity index (χ1) is 8.56. The zero-order valence-corrected chi connectivity index (χ0v) is 9.55. The number of nitrogens with one attached hydrogen (secondary N) is 1. The standard InChI is InChI=1S/C12H10FN3O2/c1-16-7-8(5-6-11(16)17)14-12(18)9-3-2-4-10(13)15-9/h2-7H,1H3,(H,14,18). The lowest BCUT2D eigenvalue weighted by molar-refractivity contribution is 0.102. The Labute approximate surface area is 102 Å². The summed E-state index contributed by atoms with van der Waals surface area (Å²) in [4.78, 5) is 26.4. The van der Waals surface area contributed by atoms with Gasteiger partial charge in [0.1, 0.15) is 5.69 Å². The van der Waals surface area contributed by atoms with Crippen LogP contribution in [0.4, 0.5) is 10.1 Å². The lowest BCUT2D eigenvalue weighted by atomic mass is 10.3. The van der Waals surface area contributed by atoms with Gasteiger partial charge >= 0.3 is 0 Å². The largest absolute Gasteiger partial charge is 0.319 e. The highest BCUT2D eigenvalue weighted by Gasteiger charge is 2.08. The van der Waals surface area contributed by atoms with Crippen LogP contribution >= 0.6 is 0 Å². The van der Waals surface area contributed by atoms with Crippen LogP contribution < -0.4 is 10.9 Å². The Balaban J connectivity index is 2.21. The van der Waals surface area contributed by atoms with Crippen molar-refractivity contribution in [2.75, 3.05) is 5.32 Å². The lowest BCUT2D eigenvalue weighted by Crippen LogP contribution is -2.18. The molecule has 1 N–H and O–H groups in total. The van der Waals surface area contributed by atoms with Crippen molar-refractivity contribution in [2.24, 2.45) is 7.05 Å². The van der Waals surface area contributed by atoms with Crippen LogP contribution in [0.3, 0.4) is 0 Å². The molecule has 18 heavy (non-hydrogen) atoms. The van der Waals surface area contributed by atoms with E-state index in [2.05, 4.69) is 10.3 Å². The van der Waals surface area contributed by atoms with Crippen LogP contribution in [0.5, 0.6) is 0 Å². The van der Waals surface area contributed by atoms with Crippen LogP contribution in [0.15, 0.2) is 41.3 Å². The van der Waals surface area contributed by atoms with Gasteiger partial charge in [0.15, 0.2) is 0 Å². The normalized spacial score (nSPS) is 10.1. The van der Waals surface area contributed by atoms with Crippen molar-refractivity contribution < 1.29 is 9.18 Å². The lowest BCUT2D eigenvalue weighted by Gasteiger charge is -2.05. The minimum absolute atomic E-state index is 0.0242. The maximum atomic E-state index is 12.8. The van der Waals surface area contributed by atoms with Crippen molar-refractivity contribution in [2.45, 2.75) is 0 Å². The second kappa shape index (κ2) is 4.79. The monoisotopic (exact) mass is 247 g/mol. The van der Waals surface area contributed by atoms with Crippen LogP contribution in [-0.2, 0) is 7.05 Å².